The van der Waals surface area contributed by atoms with E-state index in [1.54, 1.807) is 24.5 Å². The Morgan fingerprint density at radius 2 is 1.90 bits per heavy atom. The zero-order valence-electron chi connectivity index (χ0n) is 16.2. The summed E-state index contributed by atoms with van der Waals surface area (Å²) in [5.74, 6) is -0.219. The largest absolute Gasteiger partial charge is 0.469 e. The highest BCUT2D eigenvalue weighted by atomic mass is 32.2. The van der Waals surface area contributed by atoms with Crippen LogP contribution in [0.15, 0.2) is 52.0 Å². The van der Waals surface area contributed by atoms with E-state index in [2.05, 4.69) is 5.32 Å². The lowest BCUT2D eigenvalue weighted by atomic mass is 9.97. The van der Waals surface area contributed by atoms with E-state index < -0.39 is 16.0 Å². The van der Waals surface area contributed by atoms with Gasteiger partial charge in [0.05, 0.1) is 23.8 Å². The van der Waals surface area contributed by atoms with Crippen molar-refractivity contribution in [3.63, 3.8) is 0 Å². The van der Waals surface area contributed by atoms with Crippen molar-refractivity contribution >= 4 is 21.9 Å². The number of esters is 1. The van der Waals surface area contributed by atoms with Crippen molar-refractivity contribution in [2.75, 3.05) is 26.7 Å². The van der Waals surface area contributed by atoms with Crippen LogP contribution in [0, 0.1) is 5.92 Å². The van der Waals surface area contributed by atoms with Gasteiger partial charge in [0.2, 0.25) is 15.9 Å². The van der Waals surface area contributed by atoms with Crippen LogP contribution in [0.4, 0.5) is 0 Å². The van der Waals surface area contributed by atoms with Crippen LogP contribution in [0.3, 0.4) is 0 Å². The molecule has 1 amide bonds. The highest BCUT2D eigenvalue weighted by molar-refractivity contribution is 7.89. The Labute approximate surface area is 169 Å². The first-order valence-corrected chi connectivity index (χ1v) is 10.8. The predicted octanol–water partition coefficient (Wildman–Crippen LogP) is 1.83. The Bertz CT molecular complexity index is 947. The van der Waals surface area contributed by atoms with Crippen LogP contribution in [0.1, 0.15) is 29.0 Å². The van der Waals surface area contributed by atoms with Crippen molar-refractivity contribution < 1.29 is 27.2 Å². The van der Waals surface area contributed by atoms with Crippen molar-refractivity contribution in [1.82, 2.24) is 9.62 Å². The summed E-state index contributed by atoms with van der Waals surface area (Å²) in [4.78, 5) is 24.2. The predicted molar refractivity (Wildman–Crippen MR) is 105 cm³/mol. The van der Waals surface area contributed by atoms with Crippen LogP contribution >= 0.6 is 0 Å². The van der Waals surface area contributed by atoms with E-state index in [0.29, 0.717) is 25.8 Å². The first kappa shape index (κ1) is 21.1. The number of sulfonamides is 1. The quantitative estimate of drug-likeness (QED) is 0.685. The molecule has 0 atom stereocenters. The Morgan fingerprint density at radius 3 is 2.55 bits per heavy atom. The van der Waals surface area contributed by atoms with Gasteiger partial charge >= 0.3 is 5.97 Å². The molecule has 0 aliphatic carbocycles. The topological polar surface area (TPSA) is 106 Å². The van der Waals surface area contributed by atoms with Gasteiger partial charge in [-0.3, -0.25) is 4.79 Å². The van der Waals surface area contributed by atoms with Crippen LogP contribution in [-0.2, 0) is 26.0 Å². The van der Waals surface area contributed by atoms with Gasteiger partial charge in [-0.05, 0) is 37.1 Å². The Balaban J connectivity index is 1.58. The fourth-order valence-corrected chi connectivity index (χ4v) is 5.03. The molecule has 1 aliphatic rings. The van der Waals surface area contributed by atoms with Crippen LogP contribution in [-0.4, -0.2) is 51.3 Å². The molecule has 0 spiro atoms. The zero-order valence-corrected chi connectivity index (χ0v) is 17.0. The molecule has 1 N–H and O–H groups in total. The first-order valence-electron chi connectivity index (χ1n) is 9.41. The second kappa shape index (κ2) is 9.23. The minimum atomic E-state index is -3.86. The minimum absolute atomic E-state index is 0.00722. The van der Waals surface area contributed by atoms with Crippen molar-refractivity contribution in [3.8, 4) is 0 Å². The number of benzene rings is 1. The summed E-state index contributed by atoms with van der Waals surface area (Å²) in [6.45, 7) is 0.902. The average Bonchev–Trinajstić information content (AvgIpc) is 3.26. The molecule has 2 heterocycles. The molecule has 0 radical (unpaired) electrons. The number of carbonyl (C=O) groups is 2. The molecule has 0 saturated carbocycles. The summed E-state index contributed by atoms with van der Waals surface area (Å²) in [7, 11) is -2.65. The molecule has 3 rings (SSSR count). The first-order chi connectivity index (χ1) is 13.9. The molecule has 1 aliphatic heterocycles. The summed E-state index contributed by atoms with van der Waals surface area (Å²) in [5.41, 5.74) is 0.00722. The highest BCUT2D eigenvalue weighted by Gasteiger charge is 2.34. The molecule has 8 nitrogen and oxygen atoms in total. The molecule has 0 unspecified atom stereocenters. The summed E-state index contributed by atoms with van der Waals surface area (Å²) in [5, 5.41) is 2.88. The van der Waals surface area contributed by atoms with Gasteiger partial charge in [0.1, 0.15) is 5.76 Å². The van der Waals surface area contributed by atoms with Crippen LogP contribution in [0.2, 0.25) is 0 Å². The van der Waals surface area contributed by atoms with Gasteiger partial charge in [-0.1, -0.05) is 12.1 Å². The Morgan fingerprint density at radius 1 is 1.17 bits per heavy atom. The Hall–Kier alpha value is -2.65. The molecule has 1 aromatic carbocycles. The van der Waals surface area contributed by atoms with Gasteiger partial charge in [-0.25, -0.2) is 13.2 Å². The SMILES string of the molecule is COC(=O)c1ccccc1S(=O)(=O)N1CCC(C(=O)NCCc2ccco2)CC1. The third-order valence-corrected chi connectivity index (χ3v) is 6.94. The lowest BCUT2D eigenvalue weighted by molar-refractivity contribution is -0.126. The number of furan rings is 1. The van der Waals surface area contributed by atoms with E-state index in [1.165, 1.54) is 23.5 Å². The molecule has 2 aromatic rings. The van der Waals surface area contributed by atoms with Crippen molar-refractivity contribution in [1.29, 1.82) is 0 Å². The Kier molecular flexibility index (Phi) is 6.71. The lowest BCUT2D eigenvalue weighted by Crippen LogP contribution is -2.43. The second-order valence-electron chi connectivity index (χ2n) is 6.79. The second-order valence-corrected chi connectivity index (χ2v) is 8.69. The van der Waals surface area contributed by atoms with Gasteiger partial charge in [0, 0.05) is 32.0 Å². The summed E-state index contributed by atoms with van der Waals surface area (Å²) in [6.07, 6.45) is 3.04. The third-order valence-electron chi connectivity index (χ3n) is 4.99. The fraction of sp³-hybridized carbons (Fsp3) is 0.400. The van der Waals surface area contributed by atoms with Crippen LogP contribution in [0.5, 0.6) is 0 Å². The van der Waals surface area contributed by atoms with Crippen LogP contribution in [0.25, 0.3) is 0 Å². The number of ether oxygens (including phenoxy) is 1. The summed E-state index contributed by atoms with van der Waals surface area (Å²) < 4.78 is 37.3. The molecule has 156 valence electrons. The minimum Gasteiger partial charge on any atom is -0.469 e. The monoisotopic (exact) mass is 420 g/mol. The van der Waals surface area contributed by atoms with E-state index >= 15 is 0 Å². The maximum Gasteiger partial charge on any atom is 0.339 e. The van der Waals surface area contributed by atoms with Crippen molar-refractivity contribution in [2.45, 2.75) is 24.2 Å². The molecular formula is C20H24N2O6S. The number of rotatable bonds is 7. The molecule has 1 aromatic heterocycles. The fourth-order valence-electron chi connectivity index (χ4n) is 3.38. The van der Waals surface area contributed by atoms with Gasteiger partial charge < -0.3 is 14.5 Å². The molecule has 1 saturated heterocycles. The van der Waals surface area contributed by atoms with E-state index in [0.717, 1.165) is 5.76 Å². The molecule has 29 heavy (non-hydrogen) atoms. The molecule has 0 bridgehead atoms. The van der Waals surface area contributed by atoms with Gasteiger partial charge in [-0.2, -0.15) is 4.31 Å². The standard InChI is InChI=1S/C20H24N2O6S/c1-27-20(24)17-6-2-3-7-18(17)29(25,26)22-12-9-15(10-13-22)19(23)21-11-8-16-5-4-14-28-16/h2-7,14-15H,8-13H2,1H3,(H,21,23). The van der Waals surface area contributed by atoms with E-state index in [-0.39, 0.29) is 35.4 Å². The van der Waals surface area contributed by atoms with Gasteiger partial charge in [-0.15, -0.1) is 0 Å². The normalized spacial score (nSPS) is 15.8. The van der Waals surface area contributed by atoms with E-state index in [1.807, 2.05) is 6.07 Å². The smallest absolute Gasteiger partial charge is 0.339 e. The number of nitrogens with one attached hydrogen (secondary N) is 1. The third kappa shape index (κ3) is 4.86. The van der Waals surface area contributed by atoms with E-state index in [9.17, 15) is 18.0 Å². The number of piperidine rings is 1. The number of nitrogens with zero attached hydrogens (tertiary/aromatic N) is 1. The van der Waals surface area contributed by atoms with Crippen molar-refractivity contribution in [3.05, 3.63) is 54.0 Å². The van der Waals surface area contributed by atoms with Gasteiger partial charge in [0.15, 0.2) is 0 Å². The highest BCUT2D eigenvalue weighted by Crippen LogP contribution is 2.26. The number of hydrogen-bond acceptors (Lipinski definition) is 6. The average molecular weight is 420 g/mol. The molecule has 1 fully saturated rings. The number of hydrogen-bond donors (Lipinski definition) is 1. The summed E-state index contributed by atoms with van der Waals surface area (Å²) in [6, 6.07) is 9.63. The number of amides is 1. The summed E-state index contributed by atoms with van der Waals surface area (Å²) >= 11 is 0. The molecule has 9 heteroatoms. The molecular weight excluding hydrogens is 396 g/mol. The van der Waals surface area contributed by atoms with Crippen LogP contribution < -0.4 is 5.32 Å². The van der Waals surface area contributed by atoms with E-state index in [4.69, 9.17) is 9.15 Å². The van der Waals surface area contributed by atoms with Crippen molar-refractivity contribution in [2.24, 2.45) is 5.92 Å². The number of methoxy groups -OCH3 is 1. The lowest BCUT2D eigenvalue weighted by Gasteiger charge is -2.30. The van der Waals surface area contributed by atoms with Gasteiger partial charge in [0.25, 0.3) is 0 Å². The maximum atomic E-state index is 13.0. The maximum absolute atomic E-state index is 13.0. The number of carbonyl (C=O) groups excluding carboxylic acids is 2. The zero-order chi connectivity index (χ0) is 20.9.